The molecule has 0 radical (unpaired) electrons. The summed E-state index contributed by atoms with van der Waals surface area (Å²) in [6.07, 6.45) is 0. The van der Waals surface area contributed by atoms with Crippen molar-refractivity contribution in [3.8, 4) is 3.78 Å². The summed E-state index contributed by atoms with van der Waals surface area (Å²) in [7, 11) is 0. The maximum atomic E-state index is 7.36. The van der Waals surface area contributed by atoms with Crippen molar-refractivity contribution >= 4 is 0 Å². The summed E-state index contributed by atoms with van der Waals surface area (Å²) < 4.78 is 1.84. The molecule has 4 heteroatoms. The van der Waals surface area contributed by atoms with Crippen molar-refractivity contribution in [2.24, 2.45) is 0 Å². The van der Waals surface area contributed by atoms with Crippen molar-refractivity contribution in [2.75, 3.05) is 0 Å². The van der Waals surface area contributed by atoms with E-state index in [1.807, 2.05) is 3.78 Å². The van der Waals surface area contributed by atoms with Crippen molar-refractivity contribution in [3.63, 3.8) is 0 Å². The van der Waals surface area contributed by atoms with Gasteiger partial charge in [-0.15, -0.1) is 0 Å². The van der Waals surface area contributed by atoms with Gasteiger partial charge in [0.25, 0.3) is 0 Å². The number of rotatable bonds is 0. The van der Waals surface area contributed by atoms with Crippen LogP contribution in [-0.4, -0.2) is 0 Å². The molecule has 0 aliphatic rings. The van der Waals surface area contributed by atoms with E-state index in [1.165, 1.54) is 0 Å². The van der Waals surface area contributed by atoms with Gasteiger partial charge in [0, 0.05) is 39.1 Å². The van der Waals surface area contributed by atoms with Gasteiger partial charge in [-0.1, -0.05) is 0 Å². The smallest absolute Gasteiger partial charge is 0 e. The van der Waals surface area contributed by atoms with Gasteiger partial charge in [0.2, 0.25) is 0 Å². The fourth-order valence-corrected chi connectivity index (χ4v) is 0. The molecule has 0 spiro atoms. The van der Waals surface area contributed by atoms with Gasteiger partial charge in [-0.2, -0.15) is 0 Å². The summed E-state index contributed by atoms with van der Waals surface area (Å²) in [6.45, 7) is 0. The van der Waals surface area contributed by atoms with E-state index in [4.69, 9.17) is 5.26 Å². The van der Waals surface area contributed by atoms with E-state index in [-0.39, 0.29) is 39.1 Å². The summed E-state index contributed by atoms with van der Waals surface area (Å²) >= 11 is 0.941. The van der Waals surface area contributed by atoms with E-state index < -0.39 is 0 Å². The van der Waals surface area contributed by atoms with Gasteiger partial charge in [0.15, 0.2) is 0 Å². The fraction of sp³-hybridized carbons (Fsp3) is 0. The molecule has 0 bridgehead atoms. The van der Waals surface area contributed by atoms with Crippen molar-refractivity contribution in [1.29, 1.82) is 5.26 Å². The van der Waals surface area contributed by atoms with Gasteiger partial charge >= 0.3 is 33.8 Å². The molecule has 5 heavy (non-hydrogen) atoms. The molecule has 0 aromatic carbocycles. The van der Waals surface area contributed by atoms with Gasteiger partial charge < -0.3 is 0 Å². The zero-order valence-electron chi connectivity index (χ0n) is 2.36. The van der Waals surface area contributed by atoms with E-state index in [9.17, 15) is 0 Å². The van der Waals surface area contributed by atoms with Crippen LogP contribution in [0.15, 0.2) is 0 Å². The van der Waals surface area contributed by atoms with Crippen LogP contribution in [0.5, 0.6) is 0 Å². The van der Waals surface area contributed by atoms with Crippen LogP contribution in [-0.2, 0) is 63.8 Å². The second-order valence-electron chi connectivity index (χ2n) is 0.112. The Morgan fingerprint density at radius 2 is 1.60 bits per heavy atom. The Morgan fingerprint density at radius 3 is 1.60 bits per heavy atom. The summed E-state index contributed by atoms with van der Waals surface area (Å²) in [4.78, 5) is 0. The first-order chi connectivity index (χ1) is 1.41. The molecule has 0 aliphatic carbocycles. The normalized spacial score (nSPS) is 1.20. The van der Waals surface area contributed by atoms with Crippen molar-refractivity contribution in [1.82, 2.24) is 0 Å². The largest absolute Gasteiger partial charge is 0 e. The number of nitrogens with zero attached hydrogens (tertiary/aromatic N) is 1. The molecule has 0 atom stereocenters. The van der Waals surface area contributed by atoms with E-state index in [0.717, 1.165) is 24.7 Å². The van der Waals surface area contributed by atoms with Gasteiger partial charge in [0.05, 0.1) is 0 Å². The molecule has 0 aromatic heterocycles. The summed E-state index contributed by atoms with van der Waals surface area (Å²) in [5, 5.41) is 7.36. The molecular formula is CCrNTiZr. The SMILES string of the molecule is N#[C][Zr].[Cr].[Ti]. The molecule has 0 fully saturated rings. The van der Waals surface area contributed by atoms with E-state index >= 15 is 0 Å². The first-order valence-corrected chi connectivity index (χ1v) is 1.70. The minimum Gasteiger partial charge on any atom is 0 e. The summed E-state index contributed by atoms with van der Waals surface area (Å²) in [5.41, 5.74) is 0. The van der Waals surface area contributed by atoms with Crippen LogP contribution in [0.2, 0.25) is 0 Å². The first-order valence-electron chi connectivity index (χ1n) is 0.474. The standard InChI is InChI=1S/CN.Cr.Ti.Zr/c1-2;;;. The molecule has 0 amide bonds. The number of hydrogen-bond acceptors (Lipinski definition) is 1. The van der Waals surface area contributed by atoms with Crippen molar-refractivity contribution in [2.45, 2.75) is 0 Å². The molecule has 0 saturated heterocycles. The van der Waals surface area contributed by atoms with Crippen LogP contribution in [0.4, 0.5) is 0 Å². The number of nitriles is 1. The van der Waals surface area contributed by atoms with Crippen LogP contribution in [0.3, 0.4) is 0 Å². The van der Waals surface area contributed by atoms with E-state index in [1.54, 1.807) is 0 Å². The van der Waals surface area contributed by atoms with Crippen LogP contribution in [0.25, 0.3) is 0 Å². The molecule has 1 nitrogen and oxygen atoms in total. The van der Waals surface area contributed by atoms with Gasteiger partial charge in [-0.25, -0.2) is 0 Å². The Kier molecular flexibility index (Phi) is 55.8. The predicted octanol–water partition coefficient (Wildman–Crippen LogP) is 0.00928. The first kappa shape index (κ1) is 16.0. The summed E-state index contributed by atoms with van der Waals surface area (Å²) in [5.74, 6) is 0. The van der Waals surface area contributed by atoms with Gasteiger partial charge in [0.1, 0.15) is 0 Å². The summed E-state index contributed by atoms with van der Waals surface area (Å²) in [6, 6.07) is 0. The Bertz CT molecular complexity index is 33.1. The molecular weight excluding hydrogens is 217 g/mol. The van der Waals surface area contributed by atoms with Gasteiger partial charge in [-0.3, -0.25) is 0 Å². The Morgan fingerprint density at radius 1 is 1.60 bits per heavy atom. The minimum atomic E-state index is 0. The quantitative estimate of drug-likeness (QED) is 0.524. The van der Waals surface area contributed by atoms with Crippen LogP contribution in [0.1, 0.15) is 0 Å². The van der Waals surface area contributed by atoms with Crippen molar-refractivity contribution in [3.05, 3.63) is 0 Å². The molecule has 0 unspecified atom stereocenters. The van der Waals surface area contributed by atoms with E-state index in [0.29, 0.717) is 0 Å². The monoisotopic (exact) mass is 216 g/mol. The van der Waals surface area contributed by atoms with Gasteiger partial charge in [-0.05, 0) is 0 Å². The second kappa shape index (κ2) is 17.5. The maximum absolute atomic E-state index is 7.36. The Hall–Kier alpha value is 1.62. The molecule has 0 aliphatic heterocycles. The van der Waals surface area contributed by atoms with Crippen LogP contribution < -0.4 is 0 Å². The number of hydrogen-bond donors (Lipinski definition) is 0. The average molecular weight is 217 g/mol. The minimum absolute atomic E-state index is 0. The topological polar surface area (TPSA) is 23.8 Å². The van der Waals surface area contributed by atoms with Crippen LogP contribution >= 0.6 is 0 Å². The second-order valence-corrected chi connectivity index (χ2v) is 0.661. The molecule has 0 rings (SSSR count). The Labute approximate surface area is 72.0 Å². The predicted molar refractivity (Wildman–Crippen MR) is 5.61 cm³/mol. The zero-order valence-corrected chi connectivity index (χ0v) is 7.65. The molecule has 0 N–H and O–H groups in total. The fourth-order valence-electron chi connectivity index (χ4n) is 0. The molecule has 23 valence electrons. The molecule has 0 aromatic rings. The third kappa shape index (κ3) is 28.1. The Balaban J connectivity index is -0.0000000200. The third-order valence-corrected chi connectivity index (χ3v) is 0. The third-order valence-electron chi connectivity index (χ3n) is 0. The maximum Gasteiger partial charge on any atom is 0 e. The molecule has 0 heterocycles. The average Bonchev–Trinajstić information content (AvgIpc) is 0.918. The van der Waals surface area contributed by atoms with Crippen LogP contribution in [0, 0.1) is 9.04 Å². The molecule has 0 saturated carbocycles. The van der Waals surface area contributed by atoms with E-state index in [2.05, 4.69) is 0 Å². The zero-order chi connectivity index (χ0) is 2.71. The van der Waals surface area contributed by atoms with Crippen molar-refractivity contribution < 1.29 is 63.8 Å².